The molecule has 0 spiro atoms. The quantitative estimate of drug-likeness (QED) is 0.726. The summed E-state index contributed by atoms with van der Waals surface area (Å²) in [6, 6.07) is 7.09. The lowest BCUT2D eigenvalue weighted by Crippen LogP contribution is -2.38. The van der Waals surface area contributed by atoms with Crippen LogP contribution in [0.2, 0.25) is 0 Å². The first-order chi connectivity index (χ1) is 13.4. The number of amides is 1. The van der Waals surface area contributed by atoms with E-state index >= 15 is 0 Å². The molecule has 1 aliphatic rings. The molecule has 0 saturated carbocycles. The average molecular weight is 451 g/mol. The van der Waals surface area contributed by atoms with Crippen molar-refractivity contribution in [2.45, 2.75) is 19.4 Å². The number of benzene rings is 1. The summed E-state index contributed by atoms with van der Waals surface area (Å²) in [6.07, 6.45) is 1.44. The van der Waals surface area contributed by atoms with Crippen LogP contribution in [0.1, 0.15) is 18.4 Å². The topological polar surface area (TPSA) is 95.0 Å². The first kappa shape index (κ1) is 20.4. The number of halogens is 1. The van der Waals surface area contributed by atoms with Crippen molar-refractivity contribution < 1.29 is 18.7 Å². The monoisotopic (exact) mass is 450 g/mol. The van der Waals surface area contributed by atoms with E-state index in [2.05, 4.69) is 20.8 Å². The van der Waals surface area contributed by atoms with Gasteiger partial charge in [-0.15, -0.1) is 0 Å². The minimum absolute atomic E-state index is 0.0718. The molecule has 0 radical (unpaired) electrons. The fourth-order valence-corrected chi connectivity index (χ4v) is 3.88. The molecule has 0 unspecified atom stereocenters. The predicted octanol–water partition coefficient (Wildman–Crippen LogP) is 2.78. The zero-order chi connectivity index (χ0) is 20.3. The van der Waals surface area contributed by atoms with Gasteiger partial charge in [-0.1, -0.05) is 0 Å². The molecule has 150 valence electrons. The SMILES string of the molecule is COc1cc(Br)c(-c2ccc(CN3CCC(C(N)=O)CC3)c(=O)o2)cc1OC. The van der Waals surface area contributed by atoms with Gasteiger partial charge < -0.3 is 19.6 Å². The van der Waals surface area contributed by atoms with Gasteiger partial charge in [0.2, 0.25) is 5.91 Å². The number of ether oxygens (including phenoxy) is 2. The van der Waals surface area contributed by atoms with Crippen LogP contribution in [0.3, 0.4) is 0 Å². The third kappa shape index (κ3) is 4.39. The molecular formula is C20H23BrN2O5. The highest BCUT2D eigenvalue weighted by Gasteiger charge is 2.24. The van der Waals surface area contributed by atoms with E-state index in [1.165, 1.54) is 0 Å². The number of hydrogen-bond donors (Lipinski definition) is 1. The van der Waals surface area contributed by atoms with Gasteiger partial charge in [-0.3, -0.25) is 9.69 Å². The molecule has 0 atom stereocenters. The first-order valence-electron chi connectivity index (χ1n) is 8.99. The molecule has 7 nitrogen and oxygen atoms in total. The van der Waals surface area contributed by atoms with Gasteiger partial charge in [-0.25, -0.2) is 4.79 Å². The second-order valence-electron chi connectivity index (χ2n) is 6.75. The van der Waals surface area contributed by atoms with Gasteiger partial charge in [0.25, 0.3) is 0 Å². The number of nitrogens with zero attached hydrogens (tertiary/aromatic N) is 1. The fourth-order valence-electron chi connectivity index (χ4n) is 3.37. The lowest BCUT2D eigenvalue weighted by atomic mass is 9.96. The zero-order valence-electron chi connectivity index (χ0n) is 15.9. The van der Waals surface area contributed by atoms with Crippen molar-refractivity contribution in [2.24, 2.45) is 11.7 Å². The van der Waals surface area contributed by atoms with E-state index < -0.39 is 0 Å². The van der Waals surface area contributed by atoms with Gasteiger partial charge in [0.15, 0.2) is 11.5 Å². The third-order valence-corrected chi connectivity index (χ3v) is 5.68. The molecule has 1 aliphatic heterocycles. The smallest absolute Gasteiger partial charge is 0.340 e. The van der Waals surface area contributed by atoms with E-state index in [1.54, 1.807) is 38.5 Å². The van der Waals surface area contributed by atoms with Crippen LogP contribution in [0.15, 0.2) is 37.9 Å². The van der Waals surface area contributed by atoms with E-state index in [4.69, 9.17) is 19.6 Å². The minimum atomic E-state index is -0.379. The maximum atomic E-state index is 12.5. The summed E-state index contributed by atoms with van der Waals surface area (Å²) < 4.78 is 16.9. The summed E-state index contributed by atoms with van der Waals surface area (Å²) in [5.41, 5.74) is 6.27. The molecule has 0 bridgehead atoms. The summed E-state index contributed by atoms with van der Waals surface area (Å²) in [5, 5.41) is 0. The number of rotatable bonds is 6. The standard InChI is InChI=1S/C20H23BrN2O5/c1-26-17-9-14(15(21)10-18(17)27-2)16-4-3-13(20(25)28-16)11-23-7-5-12(6-8-23)19(22)24/h3-4,9-10,12H,5-8,11H2,1-2H3,(H2,22,24). The Labute approximate surface area is 171 Å². The molecule has 3 rings (SSSR count). The number of primary amides is 1. The highest BCUT2D eigenvalue weighted by Crippen LogP contribution is 2.38. The summed E-state index contributed by atoms with van der Waals surface area (Å²) in [7, 11) is 3.11. The zero-order valence-corrected chi connectivity index (χ0v) is 17.5. The molecule has 1 fully saturated rings. The van der Waals surface area contributed by atoms with Crippen LogP contribution >= 0.6 is 15.9 Å². The molecule has 2 heterocycles. The minimum Gasteiger partial charge on any atom is -0.493 e. The molecule has 1 amide bonds. The number of methoxy groups -OCH3 is 2. The Kier molecular flexibility index (Phi) is 6.41. The van der Waals surface area contributed by atoms with Crippen LogP contribution < -0.4 is 20.8 Å². The molecule has 2 aromatic rings. The lowest BCUT2D eigenvalue weighted by molar-refractivity contribution is -0.123. The molecule has 1 aromatic carbocycles. The second-order valence-corrected chi connectivity index (χ2v) is 7.61. The Bertz CT molecular complexity index is 919. The van der Waals surface area contributed by atoms with Crippen LogP contribution in [-0.2, 0) is 11.3 Å². The van der Waals surface area contributed by atoms with Crippen LogP contribution in [-0.4, -0.2) is 38.1 Å². The molecule has 28 heavy (non-hydrogen) atoms. The number of likely N-dealkylation sites (tertiary alicyclic amines) is 1. The van der Waals surface area contributed by atoms with Gasteiger partial charge in [0.1, 0.15) is 5.76 Å². The Morgan fingerprint density at radius 1 is 1.21 bits per heavy atom. The number of carbonyl (C=O) groups is 1. The highest BCUT2D eigenvalue weighted by molar-refractivity contribution is 9.10. The van der Waals surface area contributed by atoms with Crippen LogP contribution in [0.25, 0.3) is 11.3 Å². The van der Waals surface area contributed by atoms with Gasteiger partial charge in [0.05, 0.1) is 19.8 Å². The van der Waals surface area contributed by atoms with Crippen LogP contribution in [0.4, 0.5) is 0 Å². The Morgan fingerprint density at radius 3 is 2.43 bits per heavy atom. The van der Waals surface area contributed by atoms with E-state index in [0.717, 1.165) is 30.4 Å². The van der Waals surface area contributed by atoms with Gasteiger partial charge >= 0.3 is 5.63 Å². The van der Waals surface area contributed by atoms with Gasteiger partial charge in [-0.2, -0.15) is 0 Å². The molecule has 1 saturated heterocycles. The second kappa shape index (κ2) is 8.79. The van der Waals surface area contributed by atoms with E-state index in [-0.39, 0.29) is 17.5 Å². The van der Waals surface area contributed by atoms with Crippen molar-refractivity contribution in [2.75, 3.05) is 27.3 Å². The molecule has 0 aliphatic carbocycles. The Balaban J connectivity index is 1.78. The normalized spacial score (nSPS) is 15.4. The highest BCUT2D eigenvalue weighted by atomic mass is 79.9. The van der Waals surface area contributed by atoms with Crippen molar-refractivity contribution in [3.05, 3.63) is 44.7 Å². The maximum Gasteiger partial charge on any atom is 0.340 e. The average Bonchev–Trinajstić information content (AvgIpc) is 2.69. The lowest BCUT2D eigenvalue weighted by Gasteiger charge is -2.30. The Hall–Kier alpha value is -2.32. The van der Waals surface area contributed by atoms with Crippen molar-refractivity contribution in [1.29, 1.82) is 0 Å². The van der Waals surface area contributed by atoms with Crippen molar-refractivity contribution in [3.63, 3.8) is 0 Å². The summed E-state index contributed by atoms with van der Waals surface area (Å²) >= 11 is 3.48. The van der Waals surface area contributed by atoms with E-state index in [1.807, 2.05) is 0 Å². The number of carbonyl (C=O) groups excluding carboxylic acids is 1. The number of nitrogens with two attached hydrogens (primary N) is 1. The number of hydrogen-bond acceptors (Lipinski definition) is 6. The van der Waals surface area contributed by atoms with Gasteiger partial charge in [-0.05, 0) is 66.1 Å². The fraction of sp³-hybridized carbons (Fsp3) is 0.400. The first-order valence-corrected chi connectivity index (χ1v) is 9.78. The van der Waals surface area contributed by atoms with Crippen molar-refractivity contribution in [1.82, 2.24) is 4.90 Å². The van der Waals surface area contributed by atoms with Gasteiger partial charge in [0, 0.05) is 22.5 Å². The number of piperidine rings is 1. The van der Waals surface area contributed by atoms with Crippen molar-refractivity contribution in [3.8, 4) is 22.8 Å². The molecular weight excluding hydrogens is 428 g/mol. The van der Waals surface area contributed by atoms with Crippen LogP contribution in [0, 0.1) is 5.92 Å². The van der Waals surface area contributed by atoms with Crippen molar-refractivity contribution >= 4 is 21.8 Å². The Morgan fingerprint density at radius 2 is 1.86 bits per heavy atom. The summed E-state index contributed by atoms with van der Waals surface area (Å²) in [6.45, 7) is 1.95. The summed E-state index contributed by atoms with van der Waals surface area (Å²) in [5.74, 6) is 1.25. The predicted molar refractivity (Wildman–Crippen MR) is 108 cm³/mol. The van der Waals surface area contributed by atoms with E-state index in [9.17, 15) is 9.59 Å². The molecule has 2 N–H and O–H groups in total. The van der Waals surface area contributed by atoms with E-state index in [0.29, 0.717) is 34.9 Å². The molecule has 8 heteroatoms. The van der Waals surface area contributed by atoms with Crippen LogP contribution in [0.5, 0.6) is 11.5 Å². The molecule has 1 aromatic heterocycles. The maximum absolute atomic E-state index is 12.5. The largest absolute Gasteiger partial charge is 0.493 e. The summed E-state index contributed by atoms with van der Waals surface area (Å²) in [4.78, 5) is 25.9. The third-order valence-electron chi connectivity index (χ3n) is 5.02.